The fraction of sp³-hybridized carbons (Fsp3) is 0.200. The van der Waals surface area contributed by atoms with Gasteiger partial charge in [-0.05, 0) is 42.5 Å². The molecule has 3 aromatic rings. The van der Waals surface area contributed by atoms with Gasteiger partial charge in [-0.2, -0.15) is 5.10 Å². The van der Waals surface area contributed by atoms with Crippen molar-refractivity contribution in [2.24, 2.45) is 0 Å². The SMILES string of the molecule is COc1ccc(C(=O)NCCn2cc([N+](=O)[O-])cn2)cc1COc1ccc(Cl)cc1. The van der Waals surface area contributed by atoms with E-state index < -0.39 is 4.92 Å². The minimum atomic E-state index is -0.521. The van der Waals surface area contributed by atoms with Crippen molar-refractivity contribution in [2.75, 3.05) is 13.7 Å². The first kappa shape index (κ1) is 21.1. The summed E-state index contributed by atoms with van der Waals surface area (Å²) in [6.07, 6.45) is 2.48. The van der Waals surface area contributed by atoms with Crippen molar-refractivity contribution in [3.8, 4) is 11.5 Å². The Bertz CT molecular complexity index is 1040. The first-order valence-corrected chi connectivity index (χ1v) is 9.34. The Morgan fingerprint density at radius 3 is 2.70 bits per heavy atom. The fourth-order valence-electron chi connectivity index (χ4n) is 2.68. The second kappa shape index (κ2) is 9.75. The number of nitrogens with zero attached hydrogens (tertiary/aromatic N) is 3. The molecule has 0 bridgehead atoms. The lowest BCUT2D eigenvalue weighted by molar-refractivity contribution is -0.385. The van der Waals surface area contributed by atoms with Crippen LogP contribution in [-0.2, 0) is 13.2 Å². The van der Waals surface area contributed by atoms with Crippen LogP contribution < -0.4 is 14.8 Å². The molecule has 0 fully saturated rings. The summed E-state index contributed by atoms with van der Waals surface area (Å²) >= 11 is 5.87. The Labute approximate surface area is 177 Å². The van der Waals surface area contributed by atoms with Crippen molar-refractivity contribution in [3.05, 3.63) is 81.1 Å². The Morgan fingerprint density at radius 1 is 1.27 bits per heavy atom. The third-order valence-electron chi connectivity index (χ3n) is 4.21. The van der Waals surface area contributed by atoms with Gasteiger partial charge in [-0.3, -0.25) is 19.6 Å². The maximum Gasteiger partial charge on any atom is 0.306 e. The molecule has 0 spiro atoms. The Kier molecular flexibility index (Phi) is 6.87. The molecule has 0 unspecified atom stereocenters. The highest BCUT2D eigenvalue weighted by atomic mass is 35.5. The largest absolute Gasteiger partial charge is 0.496 e. The first-order chi connectivity index (χ1) is 14.5. The van der Waals surface area contributed by atoms with Crippen LogP contribution in [0.5, 0.6) is 11.5 Å². The number of hydrogen-bond donors (Lipinski definition) is 1. The molecule has 3 rings (SSSR count). The molecule has 1 amide bonds. The third kappa shape index (κ3) is 5.48. The van der Waals surface area contributed by atoms with E-state index in [4.69, 9.17) is 21.1 Å². The average molecular weight is 431 g/mol. The Hall–Kier alpha value is -3.59. The van der Waals surface area contributed by atoms with Crippen LogP contribution in [0.25, 0.3) is 0 Å². The molecule has 0 atom stereocenters. The van der Waals surface area contributed by atoms with Crippen LogP contribution in [0.3, 0.4) is 0 Å². The predicted octanol–water partition coefficient (Wildman–Crippen LogP) is 3.46. The van der Waals surface area contributed by atoms with E-state index in [2.05, 4.69) is 10.4 Å². The van der Waals surface area contributed by atoms with Gasteiger partial charge in [-0.1, -0.05) is 11.6 Å². The number of rotatable bonds is 9. The monoisotopic (exact) mass is 430 g/mol. The summed E-state index contributed by atoms with van der Waals surface area (Å²) in [5, 5.41) is 17.9. The number of benzene rings is 2. The highest BCUT2D eigenvalue weighted by molar-refractivity contribution is 6.30. The van der Waals surface area contributed by atoms with Crippen LogP contribution in [0.2, 0.25) is 5.02 Å². The van der Waals surface area contributed by atoms with E-state index in [-0.39, 0.29) is 24.7 Å². The molecule has 0 saturated carbocycles. The van der Waals surface area contributed by atoms with Gasteiger partial charge in [0.2, 0.25) is 0 Å². The van der Waals surface area contributed by atoms with Gasteiger partial charge >= 0.3 is 5.69 Å². The smallest absolute Gasteiger partial charge is 0.306 e. The number of nitrogens with one attached hydrogen (secondary N) is 1. The molecule has 1 N–H and O–H groups in total. The number of halogens is 1. The second-order valence-corrected chi connectivity index (χ2v) is 6.68. The number of hydrogen-bond acceptors (Lipinski definition) is 6. The van der Waals surface area contributed by atoms with Gasteiger partial charge in [0.25, 0.3) is 5.91 Å². The molecule has 0 saturated heterocycles. The molecule has 1 aromatic heterocycles. The minimum Gasteiger partial charge on any atom is -0.496 e. The highest BCUT2D eigenvalue weighted by Crippen LogP contribution is 2.23. The molecular weight excluding hydrogens is 412 g/mol. The van der Waals surface area contributed by atoms with E-state index in [9.17, 15) is 14.9 Å². The van der Waals surface area contributed by atoms with Crippen molar-refractivity contribution < 1.29 is 19.2 Å². The van der Waals surface area contributed by atoms with E-state index in [1.807, 2.05) is 0 Å². The number of aromatic nitrogens is 2. The molecule has 0 radical (unpaired) electrons. The number of nitro groups is 1. The third-order valence-corrected chi connectivity index (χ3v) is 4.46. The molecule has 9 nitrogen and oxygen atoms in total. The molecule has 0 aliphatic rings. The highest BCUT2D eigenvalue weighted by Gasteiger charge is 2.12. The zero-order valence-electron chi connectivity index (χ0n) is 16.1. The van der Waals surface area contributed by atoms with E-state index in [0.29, 0.717) is 34.2 Å². The molecular formula is C20H19ClN4O5. The molecule has 0 aliphatic heterocycles. The van der Waals surface area contributed by atoms with Gasteiger partial charge in [0, 0.05) is 22.7 Å². The lowest BCUT2D eigenvalue weighted by Gasteiger charge is -2.12. The summed E-state index contributed by atoms with van der Waals surface area (Å²) in [6.45, 7) is 0.783. The first-order valence-electron chi connectivity index (χ1n) is 8.96. The summed E-state index contributed by atoms with van der Waals surface area (Å²) < 4.78 is 12.5. The van der Waals surface area contributed by atoms with Crippen LogP contribution >= 0.6 is 11.6 Å². The molecule has 10 heteroatoms. The molecule has 30 heavy (non-hydrogen) atoms. The van der Waals surface area contributed by atoms with Gasteiger partial charge in [0.05, 0.1) is 18.6 Å². The van der Waals surface area contributed by atoms with Crippen molar-refractivity contribution in [2.45, 2.75) is 13.2 Å². The standard InChI is InChI=1S/C20H19ClN4O5/c1-29-19-7-2-14(10-15(19)13-30-18-5-3-16(21)4-6-18)20(26)22-8-9-24-12-17(11-23-24)25(27)28/h2-7,10-12H,8-9,13H2,1H3,(H,22,26). The lowest BCUT2D eigenvalue weighted by atomic mass is 10.1. The maximum atomic E-state index is 12.5. The van der Waals surface area contributed by atoms with Crippen LogP contribution in [0.4, 0.5) is 5.69 Å². The lowest BCUT2D eigenvalue weighted by Crippen LogP contribution is -2.27. The number of carbonyl (C=O) groups excluding carboxylic acids is 1. The van der Waals surface area contributed by atoms with Crippen LogP contribution in [-0.4, -0.2) is 34.3 Å². The summed E-state index contributed by atoms with van der Waals surface area (Å²) in [5.41, 5.74) is 1.06. The van der Waals surface area contributed by atoms with E-state index in [0.717, 1.165) is 6.20 Å². The fourth-order valence-corrected chi connectivity index (χ4v) is 2.81. The number of ether oxygens (including phenoxy) is 2. The summed E-state index contributed by atoms with van der Waals surface area (Å²) in [5.74, 6) is 0.959. The Balaban J connectivity index is 1.60. The zero-order valence-corrected chi connectivity index (χ0v) is 16.8. The van der Waals surface area contributed by atoms with Gasteiger partial charge in [-0.15, -0.1) is 0 Å². The van der Waals surface area contributed by atoms with E-state index in [1.54, 1.807) is 49.6 Å². The Morgan fingerprint density at radius 2 is 2.03 bits per heavy atom. The van der Waals surface area contributed by atoms with Crippen molar-refractivity contribution in [3.63, 3.8) is 0 Å². The van der Waals surface area contributed by atoms with Crippen LogP contribution in [0.15, 0.2) is 54.9 Å². The van der Waals surface area contributed by atoms with Crippen molar-refractivity contribution >= 4 is 23.2 Å². The normalized spacial score (nSPS) is 10.5. The van der Waals surface area contributed by atoms with E-state index >= 15 is 0 Å². The summed E-state index contributed by atoms with van der Waals surface area (Å²) in [4.78, 5) is 22.6. The number of carbonyl (C=O) groups is 1. The molecule has 1 heterocycles. The van der Waals surface area contributed by atoms with Crippen molar-refractivity contribution in [1.82, 2.24) is 15.1 Å². The second-order valence-electron chi connectivity index (χ2n) is 6.24. The van der Waals surface area contributed by atoms with E-state index in [1.165, 1.54) is 10.9 Å². The molecule has 0 aliphatic carbocycles. The van der Waals surface area contributed by atoms with Crippen LogP contribution in [0, 0.1) is 10.1 Å². The van der Waals surface area contributed by atoms with Gasteiger partial charge in [-0.25, -0.2) is 0 Å². The topological polar surface area (TPSA) is 109 Å². The maximum absolute atomic E-state index is 12.5. The zero-order chi connectivity index (χ0) is 21.5. The minimum absolute atomic E-state index is 0.0955. The average Bonchev–Trinajstić information content (AvgIpc) is 3.22. The quantitative estimate of drug-likeness (QED) is 0.411. The predicted molar refractivity (Wildman–Crippen MR) is 110 cm³/mol. The van der Waals surface area contributed by atoms with Crippen molar-refractivity contribution in [1.29, 1.82) is 0 Å². The molecule has 2 aromatic carbocycles. The summed E-state index contributed by atoms with van der Waals surface area (Å²) in [7, 11) is 1.55. The van der Waals surface area contributed by atoms with Gasteiger partial charge in [0.15, 0.2) is 0 Å². The van der Waals surface area contributed by atoms with Gasteiger partial charge in [0.1, 0.15) is 30.5 Å². The number of methoxy groups -OCH3 is 1. The molecule has 156 valence electrons. The summed E-state index contributed by atoms with van der Waals surface area (Å²) in [6, 6.07) is 12.0. The van der Waals surface area contributed by atoms with Crippen LogP contribution in [0.1, 0.15) is 15.9 Å². The van der Waals surface area contributed by atoms with Gasteiger partial charge < -0.3 is 14.8 Å². The number of amides is 1.